The Labute approximate surface area is 122 Å². The molecule has 0 unspecified atom stereocenters. The monoisotopic (exact) mass is 288 g/mol. The predicted molar refractivity (Wildman–Crippen MR) is 76.9 cm³/mol. The van der Waals surface area contributed by atoms with Crippen LogP contribution in [0.2, 0.25) is 0 Å². The van der Waals surface area contributed by atoms with Gasteiger partial charge in [0.25, 0.3) is 0 Å². The summed E-state index contributed by atoms with van der Waals surface area (Å²) < 4.78 is 1.09. The maximum absolute atomic E-state index is 12.1. The molecule has 102 valence electrons. The van der Waals surface area contributed by atoms with E-state index in [9.17, 15) is 4.79 Å². The number of para-hydroxylation sites is 1. The summed E-state index contributed by atoms with van der Waals surface area (Å²) in [6.45, 7) is 0.727. The number of carbonyl (C=O) groups excluding carboxylic acids is 1. The topological polar surface area (TPSA) is 32.8 Å². The van der Waals surface area contributed by atoms with Gasteiger partial charge < -0.3 is 0 Å². The lowest BCUT2D eigenvalue weighted by Gasteiger charge is -2.31. The van der Waals surface area contributed by atoms with E-state index in [-0.39, 0.29) is 6.03 Å². The molecule has 1 aliphatic heterocycles. The van der Waals surface area contributed by atoms with Crippen molar-refractivity contribution in [3.63, 3.8) is 0 Å². The van der Waals surface area contributed by atoms with E-state index < -0.39 is 0 Å². The molecule has 0 atom stereocenters. The lowest BCUT2D eigenvalue weighted by molar-refractivity contribution is -0.133. The third-order valence-electron chi connectivity index (χ3n) is 3.13. The quantitative estimate of drug-likeness (QED) is 0.807. The van der Waals surface area contributed by atoms with Gasteiger partial charge >= 0.3 is 6.03 Å². The zero-order valence-corrected chi connectivity index (χ0v) is 11.5. The molecule has 0 fully saturated rings. The molecule has 0 saturated carbocycles. The van der Waals surface area contributed by atoms with E-state index in [1.807, 2.05) is 54.6 Å². The molecule has 0 aliphatic carbocycles. The fourth-order valence-electron chi connectivity index (χ4n) is 2.09. The molecule has 5 heteroatoms. The Bertz CT molecular complexity index is 618. The summed E-state index contributed by atoms with van der Waals surface area (Å²) in [7, 11) is 0. The number of hydroxylamine groups is 2. The van der Waals surface area contributed by atoms with E-state index in [1.165, 1.54) is 5.06 Å². The van der Waals surface area contributed by atoms with Crippen molar-refractivity contribution in [2.24, 2.45) is 0 Å². The van der Waals surface area contributed by atoms with Crippen molar-refractivity contribution >= 4 is 23.5 Å². The van der Waals surface area contributed by atoms with Crippen LogP contribution < -0.4 is 4.42 Å². The summed E-state index contributed by atoms with van der Waals surface area (Å²) in [6, 6.07) is 16.8. The smallest absolute Gasteiger partial charge is 0.264 e. The second kappa shape index (κ2) is 5.53. The van der Waals surface area contributed by atoms with Gasteiger partial charge in [0.1, 0.15) is 6.61 Å². The molecule has 0 spiro atoms. The van der Waals surface area contributed by atoms with Gasteiger partial charge in [-0.25, -0.2) is 9.21 Å². The van der Waals surface area contributed by atoms with Crippen molar-refractivity contribution < 1.29 is 9.63 Å². The molecule has 2 amide bonds. The number of amides is 2. The van der Waals surface area contributed by atoms with E-state index in [0.29, 0.717) is 18.8 Å². The second-order valence-corrected chi connectivity index (χ2v) is 4.83. The number of anilines is 1. The zero-order chi connectivity index (χ0) is 13.9. The fourth-order valence-corrected chi connectivity index (χ4v) is 2.34. The highest BCUT2D eigenvalue weighted by Gasteiger charge is 2.30. The van der Waals surface area contributed by atoms with Crippen LogP contribution in [0, 0.1) is 0 Å². The highest BCUT2D eigenvalue weighted by atomic mass is 35.5. The van der Waals surface area contributed by atoms with Crippen molar-refractivity contribution in [2.75, 3.05) is 4.42 Å². The first kappa shape index (κ1) is 13.0. The first-order valence-corrected chi connectivity index (χ1v) is 6.61. The van der Waals surface area contributed by atoms with Crippen LogP contribution in [0.3, 0.4) is 0 Å². The molecule has 0 saturated heterocycles. The molecular weight excluding hydrogens is 276 g/mol. The van der Waals surface area contributed by atoms with Crippen LogP contribution in [0.15, 0.2) is 54.6 Å². The van der Waals surface area contributed by atoms with Crippen molar-refractivity contribution in [1.29, 1.82) is 0 Å². The van der Waals surface area contributed by atoms with Crippen LogP contribution in [0.4, 0.5) is 10.5 Å². The molecule has 20 heavy (non-hydrogen) atoms. The number of rotatable bonds is 3. The maximum Gasteiger partial charge on any atom is 0.363 e. The van der Waals surface area contributed by atoms with Crippen molar-refractivity contribution in [2.45, 2.75) is 13.2 Å². The Hall–Kier alpha value is -2.04. The molecule has 1 aliphatic rings. The first-order valence-electron chi connectivity index (χ1n) is 6.28. The third kappa shape index (κ3) is 2.48. The van der Waals surface area contributed by atoms with Gasteiger partial charge in [0, 0.05) is 11.8 Å². The molecule has 2 aromatic carbocycles. The van der Waals surface area contributed by atoms with Crippen LogP contribution in [0.25, 0.3) is 0 Å². The molecule has 0 N–H and O–H groups in total. The third-order valence-corrected chi connectivity index (χ3v) is 3.45. The number of halogens is 1. The van der Waals surface area contributed by atoms with Gasteiger partial charge in [0.2, 0.25) is 0 Å². The van der Waals surface area contributed by atoms with Crippen LogP contribution in [-0.4, -0.2) is 11.1 Å². The van der Waals surface area contributed by atoms with Gasteiger partial charge in [0.05, 0.1) is 12.2 Å². The van der Waals surface area contributed by atoms with E-state index >= 15 is 0 Å². The number of nitrogens with zero attached hydrogens (tertiary/aromatic N) is 2. The Balaban J connectivity index is 1.74. The number of hydrogen-bond acceptors (Lipinski definition) is 2. The van der Waals surface area contributed by atoms with Crippen LogP contribution in [0.5, 0.6) is 0 Å². The van der Waals surface area contributed by atoms with E-state index in [2.05, 4.69) is 0 Å². The molecule has 4 nitrogen and oxygen atoms in total. The van der Waals surface area contributed by atoms with E-state index in [0.717, 1.165) is 15.5 Å². The Morgan fingerprint density at radius 3 is 2.55 bits per heavy atom. The number of urea groups is 1. The molecule has 0 radical (unpaired) electrons. The van der Waals surface area contributed by atoms with Crippen molar-refractivity contribution in [3.8, 4) is 0 Å². The van der Waals surface area contributed by atoms with Crippen molar-refractivity contribution in [1.82, 2.24) is 5.06 Å². The normalized spacial score (nSPS) is 14.3. The first-order chi connectivity index (χ1) is 9.75. The Morgan fingerprint density at radius 1 is 1.05 bits per heavy atom. The molecule has 2 aromatic rings. The summed E-state index contributed by atoms with van der Waals surface area (Å²) in [5.41, 5.74) is 2.66. The number of fused-ring (bicyclic) bond motifs is 1. The van der Waals surface area contributed by atoms with Gasteiger partial charge in [0.15, 0.2) is 0 Å². The SMILES string of the molecule is O=C1N(OCc2ccccc2)Cc2ccccc2N1Cl. The molecule has 3 rings (SSSR count). The second-order valence-electron chi connectivity index (χ2n) is 4.49. The van der Waals surface area contributed by atoms with Crippen LogP contribution >= 0.6 is 11.8 Å². The summed E-state index contributed by atoms with van der Waals surface area (Å²) in [5.74, 6) is 0. The minimum Gasteiger partial charge on any atom is -0.264 e. The standard InChI is InChI=1S/C15H13ClN2O2/c16-18-14-9-5-4-8-13(14)10-17(15(18)19)20-11-12-6-2-1-3-7-12/h1-9H,10-11H2. The largest absolute Gasteiger partial charge is 0.363 e. The van der Waals surface area contributed by atoms with Gasteiger partial charge in [-0.15, -0.1) is 0 Å². The summed E-state index contributed by atoms with van der Waals surface area (Å²) >= 11 is 6.04. The van der Waals surface area contributed by atoms with E-state index in [1.54, 1.807) is 0 Å². The lowest BCUT2D eigenvalue weighted by atomic mass is 10.1. The zero-order valence-electron chi connectivity index (χ0n) is 10.7. The maximum atomic E-state index is 12.1. The Morgan fingerprint density at radius 2 is 1.75 bits per heavy atom. The van der Waals surface area contributed by atoms with Crippen LogP contribution in [-0.2, 0) is 18.0 Å². The van der Waals surface area contributed by atoms with Crippen LogP contribution in [0.1, 0.15) is 11.1 Å². The molecule has 0 bridgehead atoms. The van der Waals surface area contributed by atoms with E-state index in [4.69, 9.17) is 16.6 Å². The average Bonchev–Trinajstić information content (AvgIpc) is 2.50. The van der Waals surface area contributed by atoms with Gasteiger partial charge in [-0.3, -0.25) is 4.84 Å². The fraction of sp³-hybridized carbons (Fsp3) is 0.133. The predicted octanol–water partition coefficient (Wildman–Crippen LogP) is 3.71. The van der Waals surface area contributed by atoms with Gasteiger partial charge in [-0.1, -0.05) is 48.5 Å². The van der Waals surface area contributed by atoms with Gasteiger partial charge in [-0.05, 0) is 17.2 Å². The number of carbonyl (C=O) groups is 1. The Kier molecular flexibility index (Phi) is 3.58. The number of benzene rings is 2. The summed E-state index contributed by atoms with van der Waals surface area (Å²) in [5, 5.41) is 1.28. The minimum absolute atomic E-state index is 0.333. The molecular formula is C15H13ClN2O2. The molecule has 0 aromatic heterocycles. The van der Waals surface area contributed by atoms with Gasteiger partial charge in [-0.2, -0.15) is 5.06 Å². The van der Waals surface area contributed by atoms with Crippen molar-refractivity contribution in [3.05, 3.63) is 65.7 Å². The highest BCUT2D eigenvalue weighted by Crippen LogP contribution is 2.30. The summed E-state index contributed by atoms with van der Waals surface area (Å²) in [6.07, 6.45) is 0. The summed E-state index contributed by atoms with van der Waals surface area (Å²) in [4.78, 5) is 17.7. The number of hydrogen-bond donors (Lipinski definition) is 0. The molecule has 1 heterocycles. The minimum atomic E-state index is -0.374. The lowest BCUT2D eigenvalue weighted by Crippen LogP contribution is -2.42. The highest BCUT2D eigenvalue weighted by molar-refractivity contribution is 6.36. The average molecular weight is 289 g/mol.